The molecular weight excluding hydrogens is 322 g/mol. The van der Waals surface area contributed by atoms with Crippen molar-refractivity contribution in [2.45, 2.75) is 43.6 Å². The molecule has 1 aromatic carbocycles. The Morgan fingerprint density at radius 3 is 2.61 bits per heavy atom. The lowest BCUT2D eigenvalue weighted by Gasteiger charge is -2.08. The number of thioether (sulfide) groups is 1. The van der Waals surface area contributed by atoms with Crippen molar-refractivity contribution in [2.75, 3.05) is 0 Å². The van der Waals surface area contributed by atoms with Crippen LogP contribution in [0, 0.1) is 13.8 Å². The van der Waals surface area contributed by atoms with Crippen LogP contribution < -0.4 is 0 Å². The summed E-state index contributed by atoms with van der Waals surface area (Å²) >= 11 is 3.53. The SMILES string of the molecule is Cc1cc(C)cc(CSc2nnc(-c3cccs3)n2C2CC2)c1. The molecule has 0 saturated heterocycles. The summed E-state index contributed by atoms with van der Waals surface area (Å²) < 4.78 is 2.35. The second-order valence-corrected chi connectivity index (χ2v) is 8.06. The first kappa shape index (κ1) is 15.0. The molecule has 4 rings (SSSR count). The number of rotatable bonds is 5. The Hall–Kier alpha value is -1.59. The molecule has 3 aromatic rings. The fourth-order valence-electron chi connectivity index (χ4n) is 2.91. The van der Waals surface area contributed by atoms with E-state index in [1.165, 1.54) is 34.4 Å². The fourth-order valence-corrected chi connectivity index (χ4v) is 4.55. The second kappa shape index (κ2) is 6.13. The van der Waals surface area contributed by atoms with E-state index < -0.39 is 0 Å². The quantitative estimate of drug-likeness (QED) is 0.594. The van der Waals surface area contributed by atoms with Gasteiger partial charge in [-0.25, -0.2) is 0 Å². The molecule has 1 aliphatic rings. The largest absolute Gasteiger partial charge is 0.298 e. The maximum absolute atomic E-state index is 4.48. The smallest absolute Gasteiger partial charge is 0.192 e. The molecule has 0 bridgehead atoms. The topological polar surface area (TPSA) is 30.7 Å². The molecule has 3 nitrogen and oxygen atoms in total. The number of hydrogen-bond acceptors (Lipinski definition) is 4. The molecule has 2 heterocycles. The van der Waals surface area contributed by atoms with Gasteiger partial charge in [0.2, 0.25) is 0 Å². The summed E-state index contributed by atoms with van der Waals surface area (Å²) in [5, 5.41) is 12.1. The molecule has 23 heavy (non-hydrogen) atoms. The summed E-state index contributed by atoms with van der Waals surface area (Å²) in [7, 11) is 0. The van der Waals surface area contributed by atoms with Crippen molar-refractivity contribution in [3.05, 3.63) is 52.4 Å². The van der Waals surface area contributed by atoms with Gasteiger partial charge in [-0.2, -0.15) is 0 Å². The van der Waals surface area contributed by atoms with Crippen molar-refractivity contribution in [2.24, 2.45) is 0 Å². The molecule has 0 unspecified atom stereocenters. The number of hydrogen-bond donors (Lipinski definition) is 0. The summed E-state index contributed by atoms with van der Waals surface area (Å²) in [6, 6.07) is 11.5. The molecule has 1 aliphatic carbocycles. The first-order valence-electron chi connectivity index (χ1n) is 7.89. The first-order valence-corrected chi connectivity index (χ1v) is 9.76. The highest BCUT2D eigenvalue weighted by molar-refractivity contribution is 7.98. The number of aromatic nitrogens is 3. The third kappa shape index (κ3) is 3.21. The molecule has 1 fully saturated rings. The molecule has 0 atom stereocenters. The van der Waals surface area contributed by atoms with Gasteiger partial charge in [-0.15, -0.1) is 21.5 Å². The molecule has 0 aliphatic heterocycles. The van der Waals surface area contributed by atoms with Crippen LogP contribution in [0.1, 0.15) is 35.6 Å². The van der Waals surface area contributed by atoms with E-state index in [1.54, 1.807) is 23.1 Å². The maximum atomic E-state index is 4.48. The molecule has 0 radical (unpaired) electrons. The number of aryl methyl sites for hydroxylation is 2. The predicted molar refractivity (Wildman–Crippen MR) is 97.1 cm³/mol. The van der Waals surface area contributed by atoms with Gasteiger partial charge in [-0.3, -0.25) is 4.57 Å². The lowest BCUT2D eigenvalue weighted by Crippen LogP contribution is -1.99. The molecule has 118 valence electrons. The highest BCUT2D eigenvalue weighted by Gasteiger charge is 2.30. The van der Waals surface area contributed by atoms with Crippen LogP contribution in [0.25, 0.3) is 10.7 Å². The highest BCUT2D eigenvalue weighted by Crippen LogP contribution is 2.42. The van der Waals surface area contributed by atoms with Crippen LogP contribution in [0.5, 0.6) is 0 Å². The standard InChI is InChI=1S/C18H19N3S2/c1-12-8-13(2)10-14(9-12)11-23-18-20-19-17(16-4-3-7-22-16)21(18)15-5-6-15/h3-4,7-10,15H,5-6,11H2,1-2H3. The zero-order valence-electron chi connectivity index (χ0n) is 13.3. The van der Waals surface area contributed by atoms with Crippen LogP contribution in [-0.2, 0) is 5.75 Å². The normalized spacial score (nSPS) is 14.3. The van der Waals surface area contributed by atoms with E-state index in [-0.39, 0.29) is 0 Å². The van der Waals surface area contributed by atoms with E-state index >= 15 is 0 Å². The van der Waals surface area contributed by atoms with Crippen LogP contribution in [0.3, 0.4) is 0 Å². The molecule has 2 aromatic heterocycles. The zero-order valence-corrected chi connectivity index (χ0v) is 15.0. The minimum atomic E-state index is 0.587. The zero-order chi connectivity index (χ0) is 15.8. The van der Waals surface area contributed by atoms with Crippen LogP contribution in [0.4, 0.5) is 0 Å². The van der Waals surface area contributed by atoms with Gasteiger partial charge >= 0.3 is 0 Å². The van der Waals surface area contributed by atoms with Crippen LogP contribution in [0.2, 0.25) is 0 Å². The van der Waals surface area contributed by atoms with Crippen LogP contribution >= 0.6 is 23.1 Å². The van der Waals surface area contributed by atoms with Gasteiger partial charge in [0, 0.05) is 11.8 Å². The highest BCUT2D eigenvalue weighted by atomic mass is 32.2. The molecule has 0 amide bonds. The Morgan fingerprint density at radius 1 is 1.17 bits per heavy atom. The minimum Gasteiger partial charge on any atom is -0.298 e. The third-order valence-electron chi connectivity index (χ3n) is 3.97. The van der Waals surface area contributed by atoms with Gasteiger partial charge < -0.3 is 0 Å². The van der Waals surface area contributed by atoms with Crippen molar-refractivity contribution >= 4 is 23.1 Å². The van der Waals surface area contributed by atoms with E-state index in [0.29, 0.717) is 6.04 Å². The molecular formula is C18H19N3S2. The van der Waals surface area contributed by atoms with E-state index in [0.717, 1.165) is 16.7 Å². The Morgan fingerprint density at radius 2 is 1.96 bits per heavy atom. The van der Waals surface area contributed by atoms with Crippen molar-refractivity contribution < 1.29 is 0 Å². The predicted octanol–water partition coefficient (Wildman–Crippen LogP) is 5.25. The number of nitrogens with zero attached hydrogens (tertiary/aromatic N) is 3. The maximum Gasteiger partial charge on any atom is 0.192 e. The average molecular weight is 342 g/mol. The third-order valence-corrected chi connectivity index (χ3v) is 5.85. The van der Waals surface area contributed by atoms with E-state index in [2.05, 4.69) is 64.3 Å². The summed E-state index contributed by atoms with van der Waals surface area (Å²) in [5.74, 6) is 1.98. The van der Waals surface area contributed by atoms with Crippen molar-refractivity contribution in [3.8, 4) is 10.7 Å². The minimum absolute atomic E-state index is 0.587. The Balaban J connectivity index is 1.59. The van der Waals surface area contributed by atoms with Crippen LogP contribution in [-0.4, -0.2) is 14.8 Å². The summed E-state index contributed by atoms with van der Waals surface area (Å²) in [5.41, 5.74) is 4.00. The average Bonchev–Trinajstić information content (AvgIpc) is 3.05. The molecule has 0 spiro atoms. The van der Waals surface area contributed by atoms with Crippen molar-refractivity contribution in [1.82, 2.24) is 14.8 Å². The molecule has 0 N–H and O–H groups in total. The molecule has 1 saturated carbocycles. The second-order valence-electron chi connectivity index (χ2n) is 6.17. The van der Waals surface area contributed by atoms with Gasteiger partial charge in [0.05, 0.1) is 4.88 Å². The molecule has 5 heteroatoms. The van der Waals surface area contributed by atoms with Gasteiger partial charge in [-0.05, 0) is 43.7 Å². The van der Waals surface area contributed by atoms with Gasteiger partial charge in [0.25, 0.3) is 0 Å². The van der Waals surface area contributed by atoms with Gasteiger partial charge in [0.1, 0.15) is 0 Å². The Labute approximate surface area is 144 Å². The van der Waals surface area contributed by atoms with Gasteiger partial charge in [-0.1, -0.05) is 47.2 Å². The first-order chi connectivity index (χ1) is 11.2. The lowest BCUT2D eigenvalue weighted by atomic mass is 10.1. The summed E-state index contributed by atoms with van der Waals surface area (Å²) in [6.07, 6.45) is 2.49. The van der Waals surface area contributed by atoms with Crippen LogP contribution in [0.15, 0.2) is 40.9 Å². The Bertz CT molecular complexity index is 797. The lowest BCUT2D eigenvalue weighted by molar-refractivity contribution is 0.670. The fraction of sp³-hybridized carbons (Fsp3) is 0.333. The van der Waals surface area contributed by atoms with Crippen molar-refractivity contribution in [1.29, 1.82) is 0 Å². The van der Waals surface area contributed by atoms with E-state index in [4.69, 9.17) is 0 Å². The van der Waals surface area contributed by atoms with E-state index in [1.807, 2.05) is 0 Å². The van der Waals surface area contributed by atoms with Crippen molar-refractivity contribution in [3.63, 3.8) is 0 Å². The number of thiophene rings is 1. The Kier molecular flexibility index (Phi) is 3.99. The summed E-state index contributed by atoms with van der Waals surface area (Å²) in [4.78, 5) is 1.21. The number of benzene rings is 1. The summed E-state index contributed by atoms with van der Waals surface area (Å²) in [6.45, 7) is 4.31. The van der Waals surface area contributed by atoms with Gasteiger partial charge in [0.15, 0.2) is 11.0 Å². The van der Waals surface area contributed by atoms with E-state index in [9.17, 15) is 0 Å². The monoisotopic (exact) mass is 341 g/mol.